The molecule has 0 saturated heterocycles. The molecule has 2 aromatic rings. The zero-order valence-corrected chi connectivity index (χ0v) is 12.7. The Morgan fingerprint density at radius 3 is 2.57 bits per heavy atom. The summed E-state index contributed by atoms with van der Waals surface area (Å²) in [5, 5.41) is 13.5. The second-order valence-electron chi connectivity index (χ2n) is 5.08. The van der Waals surface area contributed by atoms with Gasteiger partial charge >= 0.3 is 0 Å². The van der Waals surface area contributed by atoms with Gasteiger partial charge in [0, 0.05) is 12.1 Å². The third-order valence-corrected chi connectivity index (χ3v) is 3.43. The van der Waals surface area contributed by atoms with Gasteiger partial charge in [-0.2, -0.15) is 0 Å². The number of aryl methyl sites for hydroxylation is 1. The van der Waals surface area contributed by atoms with E-state index in [1.807, 2.05) is 49.4 Å². The minimum absolute atomic E-state index is 0.258. The van der Waals surface area contributed by atoms with E-state index in [9.17, 15) is 5.11 Å². The van der Waals surface area contributed by atoms with Crippen molar-refractivity contribution >= 4 is 0 Å². The molecular weight excluding hydrogens is 262 g/mol. The number of nitrogens with one attached hydrogen (secondary N) is 1. The molecule has 3 nitrogen and oxygen atoms in total. The fourth-order valence-corrected chi connectivity index (χ4v) is 2.25. The summed E-state index contributed by atoms with van der Waals surface area (Å²) in [6.45, 7) is 6.05. The molecule has 1 unspecified atom stereocenters. The topological polar surface area (TPSA) is 41.5 Å². The number of aliphatic hydroxyl groups excluding tert-OH is 1. The second kappa shape index (κ2) is 7.81. The van der Waals surface area contributed by atoms with Crippen LogP contribution < -0.4 is 10.1 Å². The Labute approximate surface area is 126 Å². The lowest BCUT2D eigenvalue weighted by atomic mass is 10.1. The van der Waals surface area contributed by atoms with E-state index in [0.29, 0.717) is 0 Å². The maximum absolute atomic E-state index is 10.2. The van der Waals surface area contributed by atoms with Crippen LogP contribution in [0.15, 0.2) is 48.5 Å². The van der Waals surface area contributed by atoms with Gasteiger partial charge in [0.2, 0.25) is 0 Å². The maximum atomic E-state index is 10.2. The first-order valence-corrected chi connectivity index (χ1v) is 7.37. The summed E-state index contributed by atoms with van der Waals surface area (Å²) >= 11 is 0. The van der Waals surface area contributed by atoms with E-state index in [1.54, 1.807) is 0 Å². The standard InChI is InChI=1S/C18H23NO2/c1-3-19-12-16-11-7-8-14(2)18(16)21-13-17(20)15-9-5-4-6-10-15/h4-11,17,19-20H,3,12-13H2,1-2H3. The molecule has 1 atom stereocenters. The normalized spacial score (nSPS) is 12.1. The number of rotatable bonds is 7. The predicted octanol–water partition coefficient (Wildman–Crippen LogP) is 3.22. The highest BCUT2D eigenvalue weighted by atomic mass is 16.5. The van der Waals surface area contributed by atoms with Crippen molar-refractivity contribution < 1.29 is 9.84 Å². The molecule has 0 spiro atoms. The van der Waals surface area contributed by atoms with Crippen LogP contribution in [-0.2, 0) is 6.54 Å². The zero-order valence-electron chi connectivity index (χ0n) is 12.7. The van der Waals surface area contributed by atoms with Crippen molar-refractivity contribution in [2.24, 2.45) is 0 Å². The van der Waals surface area contributed by atoms with Gasteiger partial charge in [-0.1, -0.05) is 55.5 Å². The van der Waals surface area contributed by atoms with Gasteiger partial charge < -0.3 is 15.2 Å². The first kappa shape index (κ1) is 15.5. The molecule has 0 aliphatic rings. The van der Waals surface area contributed by atoms with Crippen LogP contribution in [0.1, 0.15) is 29.7 Å². The van der Waals surface area contributed by atoms with Crippen LogP contribution in [0.3, 0.4) is 0 Å². The van der Waals surface area contributed by atoms with E-state index in [1.165, 1.54) is 0 Å². The first-order chi connectivity index (χ1) is 10.2. The van der Waals surface area contributed by atoms with E-state index in [4.69, 9.17) is 4.74 Å². The van der Waals surface area contributed by atoms with Crippen molar-refractivity contribution in [3.63, 3.8) is 0 Å². The largest absolute Gasteiger partial charge is 0.490 e. The molecule has 0 aliphatic heterocycles. The molecule has 0 aliphatic carbocycles. The highest BCUT2D eigenvalue weighted by Gasteiger charge is 2.11. The van der Waals surface area contributed by atoms with Gasteiger partial charge in [0.15, 0.2) is 0 Å². The molecule has 0 aromatic heterocycles. The molecule has 0 amide bonds. The number of hydrogen-bond acceptors (Lipinski definition) is 3. The van der Waals surface area contributed by atoms with Crippen LogP contribution in [0.25, 0.3) is 0 Å². The average Bonchev–Trinajstić information content (AvgIpc) is 2.52. The van der Waals surface area contributed by atoms with Crippen LogP contribution in [0, 0.1) is 6.92 Å². The molecule has 3 heteroatoms. The van der Waals surface area contributed by atoms with Crippen molar-refractivity contribution in [1.29, 1.82) is 0 Å². The van der Waals surface area contributed by atoms with Gasteiger partial charge in [0.25, 0.3) is 0 Å². The number of ether oxygens (including phenoxy) is 1. The Balaban J connectivity index is 2.05. The molecule has 0 fully saturated rings. The van der Waals surface area contributed by atoms with E-state index in [-0.39, 0.29) is 6.61 Å². The summed E-state index contributed by atoms with van der Waals surface area (Å²) in [5.74, 6) is 0.869. The van der Waals surface area contributed by atoms with Crippen LogP contribution in [0.5, 0.6) is 5.75 Å². The van der Waals surface area contributed by atoms with Crippen LogP contribution in [0.2, 0.25) is 0 Å². The van der Waals surface area contributed by atoms with E-state index >= 15 is 0 Å². The van der Waals surface area contributed by atoms with Crippen LogP contribution in [-0.4, -0.2) is 18.3 Å². The van der Waals surface area contributed by atoms with Crippen molar-refractivity contribution in [2.75, 3.05) is 13.2 Å². The van der Waals surface area contributed by atoms with E-state index < -0.39 is 6.10 Å². The molecule has 0 radical (unpaired) electrons. The quantitative estimate of drug-likeness (QED) is 0.820. The van der Waals surface area contributed by atoms with Gasteiger partial charge in [-0.05, 0) is 24.6 Å². The minimum Gasteiger partial charge on any atom is -0.490 e. The maximum Gasteiger partial charge on any atom is 0.126 e. The third-order valence-electron chi connectivity index (χ3n) is 3.43. The summed E-state index contributed by atoms with van der Waals surface area (Å²) in [6.07, 6.45) is -0.613. The lowest BCUT2D eigenvalue weighted by molar-refractivity contribution is 0.107. The number of aliphatic hydroxyl groups is 1. The lowest BCUT2D eigenvalue weighted by Crippen LogP contribution is -2.15. The number of hydrogen-bond donors (Lipinski definition) is 2. The molecule has 2 N–H and O–H groups in total. The summed E-state index contributed by atoms with van der Waals surface area (Å²) < 4.78 is 5.89. The Morgan fingerprint density at radius 2 is 1.86 bits per heavy atom. The van der Waals surface area contributed by atoms with Gasteiger partial charge in [-0.3, -0.25) is 0 Å². The molecule has 0 heterocycles. The van der Waals surface area contributed by atoms with Gasteiger partial charge in [-0.25, -0.2) is 0 Å². The van der Waals surface area contributed by atoms with E-state index in [0.717, 1.165) is 35.5 Å². The van der Waals surface area contributed by atoms with Crippen LogP contribution >= 0.6 is 0 Å². The first-order valence-electron chi connectivity index (χ1n) is 7.37. The summed E-state index contributed by atoms with van der Waals surface area (Å²) in [5.41, 5.74) is 3.09. The predicted molar refractivity (Wildman–Crippen MR) is 85.5 cm³/mol. The molecule has 0 saturated carbocycles. The zero-order chi connectivity index (χ0) is 15.1. The number of benzene rings is 2. The summed E-state index contributed by atoms with van der Waals surface area (Å²) in [7, 11) is 0. The monoisotopic (exact) mass is 285 g/mol. The van der Waals surface area contributed by atoms with Crippen molar-refractivity contribution in [3.05, 3.63) is 65.2 Å². The fraction of sp³-hybridized carbons (Fsp3) is 0.333. The van der Waals surface area contributed by atoms with Crippen LogP contribution in [0.4, 0.5) is 0 Å². The Hall–Kier alpha value is -1.84. The highest BCUT2D eigenvalue weighted by Crippen LogP contribution is 2.25. The van der Waals surface area contributed by atoms with Crippen molar-refractivity contribution in [3.8, 4) is 5.75 Å². The third kappa shape index (κ3) is 4.31. The molecule has 0 bridgehead atoms. The van der Waals surface area contributed by atoms with Gasteiger partial charge in [0.05, 0.1) is 0 Å². The van der Waals surface area contributed by atoms with E-state index in [2.05, 4.69) is 18.3 Å². The lowest BCUT2D eigenvalue weighted by Gasteiger charge is -2.17. The Kier molecular flexibility index (Phi) is 5.78. The molecule has 2 aromatic carbocycles. The minimum atomic E-state index is -0.613. The van der Waals surface area contributed by atoms with Gasteiger partial charge in [-0.15, -0.1) is 0 Å². The van der Waals surface area contributed by atoms with Crippen molar-refractivity contribution in [1.82, 2.24) is 5.32 Å². The number of para-hydroxylation sites is 1. The smallest absolute Gasteiger partial charge is 0.126 e. The summed E-state index contributed by atoms with van der Waals surface area (Å²) in [6, 6.07) is 15.7. The van der Waals surface area contributed by atoms with Crippen molar-refractivity contribution in [2.45, 2.75) is 26.5 Å². The highest BCUT2D eigenvalue weighted by molar-refractivity contribution is 5.40. The second-order valence-corrected chi connectivity index (χ2v) is 5.08. The average molecular weight is 285 g/mol. The molecule has 112 valence electrons. The summed E-state index contributed by atoms with van der Waals surface area (Å²) in [4.78, 5) is 0. The molecular formula is C18H23NO2. The SMILES string of the molecule is CCNCc1cccc(C)c1OCC(O)c1ccccc1. The Morgan fingerprint density at radius 1 is 1.10 bits per heavy atom. The molecule has 2 rings (SSSR count). The van der Waals surface area contributed by atoms with Gasteiger partial charge in [0.1, 0.15) is 18.5 Å². The fourth-order valence-electron chi connectivity index (χ4n) is 2.25. The Bertz CT molecular complexity index is 554. The molecule has 21 heavy (non-hydrogen) atoms.